The van der Waals surface area contributed by atoms with Crippen molar-refractivity contribution in [3.63, 3.8) is 0 Å². The van der Waals surface area contributed by atoms with Gasteiger partial charge >= 0.3 is 0 Å². The van der Waals surface area contributed by atoms with E-state index in [1.54, 1.807) is 6.20 Å². The third-order valence-electron chi connectivity index (χ3n) is 3.93. The first-order valence-electron chi connectivity index (χ1n) is 6.96. The Labute approximate surface area is 113 Å². The Morgan fingerprint density at radius 3 is 2.58 bits per heavy atom. The van der Waals surface area contributed by atoms with Crippen molar-refractivity contribution in [2.75, 3.05) is 36.8 Å². The molecule has 0 spiro atoms. The molecule has 0 unspecified atom stereocenters. The Hall–Kier alpha value is -1.78. The van der Waals surface area contributed by atoms with Gasteiger partial charge in [-0.1, -0.05) is 0 Å². The van der Waals surface area contributed by atoms with E-state index in [1.165, 1.54) is 12.8 Å². The molecule has 102 valence electrons. The molecule has 5 nitrogen and oxygen atoms in total. The SMILES string of the molecule is Nc1ccc(N2CCN(C(=O)CC3CC3)CC2)cn1. The molecule has 1 saturated carbocycles. The lowest BCUT2D eigenvalue weighted by molar-refractivity contribution is -0.131. The predicted molar refractivity (Wildman–Crippen MR) is 74.8 cm³/mol. The minimum atomic E-state index is 0.331. The fraction of sp³-hybridized carbons (Fsp3) is 0.571. The summed E-state index contributed by atoms with van der Waals surface area (Å²) in [7, 11) is 0. The summed E-state index contributed by atoms with van der Waals surface area (Å²) in [6, 6.07) is 3.81. The molecule has 2 aliphatic rings. The number of amides is 1. The molecule has 0 aromatic carbocycles. The highest BCUT2D eigenvalue weighted by atomic mass is 16.2. The molecule has 1 aliphatic heterocycles. The summed E-state index contributed by atoms with van der Waals surface area (Å²) < 4.78 is 0. The molecule has 2 heterocycles. The Bertz CT molecular complexity index is 447. The average molecular weight is 260 g/mol. The number of carbonyl (C=O) groups excluding carboxylic acids is 1. The van der Waals surface area contributed by atoms with E-state index in [-0.39, 0.29) is 0 Å². The first-order valence-corrected chi connectivity index (χ1v) is 6.96. The zero-order valence-corrected chi connectivity index (χ0v) is 11.1. The summed E-state index contributed by atoms with van der Waals surface area (Å²) in [5, 5.41) is 0. The summed E-state index contributed by atoms with van der Waals surface area (Å²) in [5.41, 5.74) is 6.67. The number of carbonyl (C=O) groups is 1. The third-order valence-corrected chi connectivity index (χ3v) is 3.93. The lowest BCUT2D eigenvalue weighted by Gasteiger charge is -2.36. The normalized spacial score (nSPS) is 19.6. The monoisotopic (exact) mass is 260 g/mol. The molecule has 1 amide bonds. The number of nitrogen functional groups attached to an aromatic ring is 1. The van der Waals surface area contributed by atoms with Crippen molar-refractivity contribution < 1.29 is 4.79 Å². The van der Waals surface area contributed by atoms with Gasteiger partial charge in [0, 0.05) is 32.6 Å². The molecule has 1 saturated heterocycles. The van der Waals surface area contributed by atoms with Crippen LogP contribution in [0.2, 0.25) is 0 Å². The van der Waals surface area contributed by atoms with Crippen molar-refractivity contribution in [1.29, 1.82) is 0 Å². The maximum atomic E-state index is 12.0. The first-order chi connectivity index (χ1) is 9.22. The van der Waals surface area contributed by atoms with Crippen molar-refractivity contribution in [3.8, 4) is 0 Å². The third kappa shape index (κ3) is 2.97. The van der Waals surface area contributed by atoms with Crippen LogP contribution in [0.15, 0.2) is 18.3 Å². The molecule has 1 aliphatic carbocycles. The van der Waals surface area contributed by atoms with Crippen molar-refractivity contribution in [3.05, 3.63) is 18.3 Å². The summed E-state index contributed by atoms with van der Waals surface area (Å²) in [6.07, 6.45) is 5.03. The molecule has 5 heteroatoms. The van der Waals surface area contributed by atoms with Gasteiger partial charge in [0.25, 0.3) is 0 Å². The van der Waals surface area contributed by atoms with E-state index in [1.807, 2.05) is 17.0 Å². The molecule has 0 radical (unpaired) electrons. The largest absolute Gasteiger partial charge is 0.384 e. The summed E-state index contributed by atoms with van der Waals surface area (Å²) in [4.78, 5) is 20.4. The Balaban J connectivity index is 1.53. The van der Waals surface area contributed by atoms with E-state index in [0.29, 0.717) is 17.6 Å². The van der Waals surface area contributed by atoms with Crippen LogP contribution in [-0.4, -0.2) is 42.0 Å². The van der Waals surface area contributed by atoms with Gasteiger partial charge in [-0.3, -0.25) is 4.79 Å². The van der Waals surface area contributed by atoms with E-state index >= 15 is 0 Å². The molecule has 19 heavy (non-hydrogen) atoms. The van der Waals surface area contributed by atoms with Gasteiger partial charge in [-0.2, -0.15) is 0 Å². The predicted octanol–water partition coefficient (Wildman–Crippen LogP) is 1.11. The lowest BCUT2D eigenvalue weighted by Crippen LogP contribution is -2.48. The molecular formula is C14H20N4O. The van der Waals surface area contributed by atoms with Gasteiger partial charge in [0.1, 0.15) is 5.82 Å². The number of rotatable bonds is 3. The maximum Gasteiger partial charge on any atom is 0.222 e. The van der Waals surface area contributed by atoms with Crippen LogP contribution in [0.5, 0.6) is 0 Å². The fourth-order valence-corrected chi connectivity index (χ4v) is 2.50. The number of nitrogens with two attached hydrogens (primary N) is 1. The Kier molecular flexibility index (Phi) is 3.27. The second kappa shape index (κ2) is 5.07. The number of piperazine rings is 1. The van der Waals surface area contributed by atoms with Crippen LogP contribution in [-0.2, 0) is 4.79 Å². The molecule has 1 aromatic heterocycles. The smallest absolute Gasteiger partial charge is 0.222 e. The second-order valence-electron chi connectivity index (χ2n) is 5.46. The van der Waals surface area contributed by atoms with E-state index in [9.17, 15) is 4.79 Å². The van der Waals surface area contributed by atoms with Crippen LogP contribution in [0.3, 0.4) is 0 Å². The van der Waals surface area contributed by atoms with Crippen molar-refractivity contribution in [2.24, 2.45) is 5.92 Å². The zero-order chi connectivity index (χ0) is 13.2. The zero-order valence-electron chi connectivity index (χ0n) is 11.1. The van der Waals surface area contributed by atoms with Gasteiger partial charge in [-0.15, -0.1) is 0 Å². The lowest BCUT2D eigenvalue weighted by atomic mass is 10.2. The number of aromatic nitrogens is 1. The van der Waals surface area contributed by atoms with Crippen molar-refractivity contribution in [2.45, 2.75) is 19.3 Å². The first kappa shape index (κ1) is 12.3. The summed E-state index contributed by atoms with van der Waals surface area (Å²) in [6.45, 7) is 3.38. The number of hydrogen-bond donors (Lipinski definition) is 1. The fourth-order valence-electron chi connectivity index (χ4n) is 2.50. The van der Waals surface area contributed by atoms with E-state index < -0.39 is 0 Å². The molecule has 2 fully saturated rings. The van der Waals surface area contributed by atoms with Gasteiger partial charge in [-0.25, -0.2) is 4.98 Å². The van der Waals surface area contributed by atoms with Crippen LogP contribution in [0.4, 0.5) is 11.5 Å². The van der Waals surface area contributed by atoms with Gasteiger partial charge in [0.15, 0.2) is 0 Å². The highest BCUT2D eigenvalue weighted by Gasteiger charge is 2.28. The quantitative estimate of drug-likeness (QED) is 0.884. The van der Waals surface area contributed by atoms with Gasteiger partial charge in [-0.05, 0) is 30.9 Å². The van der Waals surface area contributed by atoms with E-state index in [2.05, 4.69) is 9.88 Å². The van der Waals surface area contributed by atoms with Gasteiger partial charge in [0.2, 0.25) is 5.91 Å². The highest BCUT2D eigenvalue weighted by Crippen LogP contribution is 2.33. The molecule has 0 atom stereocenters. The Morgan fingerprint density at radius 2 is 2.00 bits per heavy atom. The Morgan fingerprint density at radius 1 is 1.26 bits per heavy atom. The van der Waals surface area contributed by atoms with E-state index in [4.69, 9.17) is 5.73 Å². The highest BCUT2D eigenvalue weighted by molar-refractivity contribution is 5.77. The van der Waals surface area contributed by atoms with Gasteiger partial charge in [0.05, 0.1) is 11.9 Å². The maximum absolute atomic E-state index is 12.0. The average Bonchev–Trinajstić information content (AvgIpc) is 3.24. The van der Waals surface area contributed by atoms with Crippen molar-refractivity contribution in [1.82, 2.24) is 9.88 Å². The number of anilines is 2. The molecular weight excluding hydrogens is 240 g/mol. The number of pyridine rings is 1. The van der Waals surface area contributed by atoms with Crippen LogP contribution >= 0.6 is 0 Å². The minimum Gasteiger partial charge on any atom is -0.384 e. The van der Waals surface area contributed by atoms with Crippen LogP contribution in [0, 0.1) is 5.92 Å². The minimum absolute atomic E-state index is 0.331. The van der Waals surface area contributed by atoms with Crippen LogP contribution < -0.4 is 10.6 Å². The standard InChI is InChI=1S/C14H20N4O/c15-13-4-3-12(10-16-13)17-5-7-18(8-6-17)14(19)9-11-1-2-11/h3-4,10-11H,1-2,5-9H2,(H2,15,16). The number of hydrogen-bond acceptors (Lipinski definition) is 4. The van der Waals surface area contributed by atoms with E-state index in [0.717, 1.165) is 38.3 Å². The number of nitrogens with zero attached hydrogens (tertiary/aromatic N) is 3. The molecule has 0 bridgehead atoms. The molecule has 1 aromatic rings. The summed E-state index contributed by atoms with van der Waals surface area (Å²) in [5.74, 6) is 1.55. The van der Waals surface area contributed by atoms with Crippen molar-refractivity contribution >= 4 is 17.4 Å². The molecule has 3 rings (SSSR count). The second-order valence-corrected chi connectivity index (χ2v) is 5.46. The van der Waals surface area contributed by atoms with Crippen LogP contribution in [0.1, 0.15) is 19.3 Å². The summed E-state index contributed by atoms with van der Waals surface area (Å²) >= 11 is 0. The molecule has 2 N–H and O–H groups in total. The topological polar surface area (TPSA) is 62.5 Å². The van der Waals surface area contributed by atoms with Crippen LogP contribution in [0.25, 0.3) is 0 Å². The van der Waals surface area contributed by atoms with Gasteiger partial charge < -0.3 is 15.5 Å².